The van der Waals surface area contributed by atoms with Gasteiger partial charge in [0.15, 0.2) is 0 Å². The highest BCUT2D eigenvalue weighted by molar-refractivity contribution is 5.81. The van der Waals surface area contributed by atoms with E-state index in [1.165, 1.54) is 130 Å². The molecule has 1 atom stereocenters. The molecule has 5 aliphatic rings. The van der Waals surface area contributed by atoms with Crippen LogP contribution in [0.1, 0.15) is 116 Å². The topological polar surface area (TPSA) is 69.4 Å². The molecule has 5 nitrogen and oxygen atoms in total. The van der Waals surface area contributed by atoms with E-state index in [-0.39, 0.29) is 0 Å². The number of rotatable bonds is 3. The van der Waals surface area contributed by atoms with Gasteiger partial charge in [-0.2, -0.15) is 0 Å². The van der Waals surface area contributed by atoms with E-state index >= 15 is 0 Å². The molecule has 4 aromatic rings. The summed E-state index contributed by atoms with van der Waals surface area (Å²) in [5.74, 6) is 8.01. The summed E-state index contributed by atoms with van der Waals surface area (Å²) in [5.41, 5.74) is 14.8. The van der Waals surface area contributed by atoms with Crippen molar-refractivity contribution in [3.8, 4) is 34.2 Å². The van der Waals surface area contributed by atoms with Crippen LogP contribution in [0.25, 0.3) is 22.4 Å². The summed E-state index contributed by atoms with van der Waals surface area (Å²) in [6, 6.07) is 10.0. The first-order valence-corrected chi connectivity index (χ1v) is 17.3. The van der Waals surface area contributed by atoms with Crippen LogP contribution in [0.3, 0.4) is 0 Å². The second kappa shape index (κ2) is 10.5. The van der Waals surface area contributed by atoms with Crippen LogP contribution in [-0.4, -0.2) is 26.5 Å². The molecule has 0 amide bonds. The zero-order valence-electron chi connectivity index (χ0n) is 25.8. The van der Waals surface area contributed by atoms with Crippen molar-refractivity contribution in [2.45, 2.75) is 102 Å². The minimum absolute atomic E-state index is 0.362. The molecular formula is C39H43N5. The van der Waals surface area contributed by atoms with Crippen LogP contribution >= 0.6 is 0 Å². The number of hydrogen-bond donors (Lipinski definition) is 3. The monoisotopic (exact) mass is 581 g/mol. The van der Waals surface area contributed by atoms with Crippen LogP contribution in [0.2, 0.25) is 0 Å². The van der Waals surface area contributed by atoms with Gasteiger partial charge >= 0.3 is 0 Å². The van der Waals surface area contributed by atoms with Crippen LogP contribution in [0.15, 0.2) is 43.0 Å². The van der Waals surface area contributed by atoms with Gasteiger partial charge in [-0.1, -0.05) is 56.2 Å². The molecular weight excluding hydrogens is 538 g/mol. The minimum atomic E-state index is 0.362. The van der Waals surface area contributed by atoms with Gasteiger partial charge in [-0.25, -0.2) is 9.97 Å². The van der Waals surface area contributed by atoms with E-state index < -0.39 is 0 Å². The van der Waals surface area contributed by atoms with Crippen molar-refractivity contribution < 1.29 is 0 Å². The molecule has 4 aliphatic carbocycles. The first-order valence-electron chi connectivity index (χ1n) is 17.3. The fourth-order valence-electron chi connectivity index (χ4n) is 9.85. The van der Waals surface area contributed by atoms with E-state index in [1.807, 2.05) is 6.20 Å². The van der Waals surface area contributed by atoms with Crippen molar-refractivity contribution in [1.29, 1.82) is 0 Å². The summed E-state index contributed by atoms with van der Waals surface area (Å²) >= 11 is 0. The van der Waals surface area contributed by atoms with E-state index in [0.717, 1.165) is 18.1 Å². The zero-order valence-corrected chi connectivity index (χ0v) is 25.8. The summed E-state index contributed by atoms with van der Waals surface area (Å²) in [5, 5.41) is 3.62. The van der Waals surface area contributed by atoms with Crippen molar-refractivity contribution in [3.05, 3.63) is 82.3 Å². The Hall–Kier alpha value is -3.62. The second-order valence-corrected chi connectivity index (χ2v) is 14.8. The maximum Gasteiger partial charge on any atom is 0.123 e. The Balaban J connectivity index is 1.17. The Kier molecular flexibility index (Phi) is 6.38. The Morgan fingerprint density at radius 1 is 0.682 bits per heavy atom. The number of fused-ring (bicyclic) bond motifs is 2. The molecule has 2 saturated carbocycles. The lowest BCUT2D eigenvalue weighted by molar-refractivity contribution is 0.203. The van der Waals surface area contributed by atoms with Crippen LogP contribution in [0, 0.1) is 22.7 Å². The van der Waals surface area contributed by atoms with Crippen LogP contribution in [0.4, 0.5) is 0 Å². The van der Waals surface area contributed by atoms with Gasteiger partial charge in [0.1, 0.15) is 11.5 Å². The van der Waals surface area contributed by atoms with Gasteiger partial charge in [0.25, 0.3) is 0 Å². The second-order valence-electron chi connectivity index (χ2n) is 14.8. The highest BCUT2D eigenvalue weighted by Crippen LogP contribution is 2.55. The van der Waals surface area contributed by atoms with Crippen LogP contribution in [-0.2, 0) is 25.7 Å². The molecule has 1 aliphatic heterocycles. The number of nitrogens with zero attached hydrogens (tertiary/aromatic N) is 2. The lowest BCUT2D eigenvalue weighted by atomic mass is 9.72. The molecule has 2 spiro atoms. The molecule has 224 valence electrons. The molecule has 2 aromatic carbocycles. The fourth-order valence-corrected chi connectivity index (χ4v) is 9.85. The molecule has 5 heteroatoms. The average molecular weight is 582 g/mol. The number of aromatic amines is 2. The average Bonchev–Trinajstić information content (AvgIpc) is 3.89. The lowest BCUT2D eigenvalue weighted by Crippen LogP contribution is -2.24. The summed E-state index contributed by atoms with van der Waals surface area (Å²) in [7, 11) is 0. The number of nitrogens with one attached hydrogen (secondary N) is 3. The molecule has 0 radical (unpaired) electrons. The van der Waals surface area contributed by atoms with Gasteiger partial charge in [-0.3, -0.25) is 0 Å². The Morgan fingerprint density at radius 2 is 1.34 bits per heavy atom. The maximum absolute atomic E-state index is 4.88. The summed E-state index contributed by atoms with van der Waals surface area (Å²) in [6.45, 7) is 1.09. The van der Waals surface area contributed by atoms with Crippen molar-refractivity contribution in [2.24, 2.45) is 10.8 Å². The predicted octanol–water partition coefficient (Wildman–Crippen LogP) is 8.00. The molecule has 1 saturated heterocycles. The largest absolute Gasteiger partial charge is 0.341 e. The predicted molar refractivity (Wildman–Crippen MR) is 175 cm³/mol. The molecule has 44 heavy (non-hydrogen) atoms. The number of aromatic nitrogens is 4. The quantitative estimate of drug-likeness (QED) is 0.215. The third-order valence-electron chi connectivity index (χ3n) is 12.0. The lowest BCUT2D eigenvalue weighted by Gasteiger charge is -2.33. The van der Waals surface area contributed by atoms with Crippen molar-refractivity contribution >= 4 is 0 Å². The molecule has 2 aromatic heterocycles. The zero-order chi connectivity index (χ0) is 29.1. The number of benzene rings is 2. The SMILES string of the molecule is C(#Cc1ccc(-c2ccc(-c3cnc([C@@H]4CCCN4)[nH]3)c3c2CC2(CCCCC2)C3)c2c1CC1(CCCC1)C2)c1cnc[nH]1. The number of H-pyrrole nitrogens is 2. The van der Waals surface area contributed by atoms with Crippen molar-refractivity contribution in [3.63, 3.8) is 0 Å². The third-order valence-corrected chi connectivity index (χ3v) is 12.0. The molecule has 3 fully saturated rings. The number of imidazole rings is 2. The highest BCUT2D eigenvalue weighted by atomic mass is 15.0. The number of hydrogen-bond acceptors (Lipinski definition) is 3. The van der Waals surface area contributed by atoms with E-state index in [0.29, 0.717) is 16.9 Å². The highest BCUT2D eigenvalue weighted by Gasteiger charge is 2.44. The molecule has 9 rings (SSSR count). The van der Waals surface area contributed by atoms with E-state index in [1.54, 1.807) is 23.0 Å². The van der Waals surface area contributed by atoms with Gasteiger partial charge in [0, 0.05) is 11.1 Å². The van der Waals surface area contributed by atoms with Crippen molar-refractivity contribution in [1.82, 2.24) is 25.3 Å². The molecule has 3 heterocycles. The summed E-state index contributed by atoms with van der Waals surface area (Å²) < 4.78 is 0. The molecule has 3 N–H and O–H groups in total. The normalized spacial score (nSPS) is 22.8. The Bertz CT molecular complexity index is 1760. The summed E-state index contributed by atoms with van der Waals surface area (Å²) in [4.78, 5) is 16.0. The molecule has 0 unspecified atom stereocenters. The van der Waals surface area contributed by atoms with Gasteiger partial charge in [-0.15, -0.1) is 0 Å². The van der Waals surface area contributed by atoms with Gasteiger partial charge < -0.3 is 15.3 Å². The van der Waals surface area contributed by atoms with Gasteiger partial charge in [-0.05, 0) is 127 Å². The molecule has 0 bridgehead atoms. The Labute approximate surface area is 261 Å². The standard InChI is InChI=1S/C39H43N5/c1-2-14-39(15-3-1)21-33-29(12-13-30(34(33)22-39)36-24-42-37(44-36)35-7-6-18-41-35)28-11-9-26(8-10-27-23-40-25-43-27)31-19-38(20-32(28)31)16-4-5-17-38/h9,11-13,23-25,35,41H,1-7,14-22H2,(H,40,43)(H,42,44)/t35-/m0/s1. The fraction of sp³-hybridized carbons (Fsp3) is 0.487. The Morgan fingerprint density at radius 3 is 2.05 bits per heavy atom. The van der Waals surface area contributed by atoms with Gasteiger partial charge in [0.05, 0.1) is 30.5 Å². The van der Waals surface area contributed by atoms with Crippen LogP contribution in [0.5, 0.6) is 0 Å². The first-order chi connectivity index (χ1) is 21.7. The maximum atomic E-state index is 4.88. The third kappa shape index (κ3) is 4.48. The van der Waals surface area contributed by atoms with E-state index in [2.05, 4.69) is 62.6 Å². The minimum Gasteiger partial charge on any atom is -0.341 e. The van der Waals surface area contributed by atoms with Crippen LogP contribution < -0.4 is 5.32 Å². The first kappa shape index (κ1) is 26.8. The van der Waals surface area contributed by atoms with E-state index in [4.69, 9.17) is 4.98 Å². The summed E-state index contributed by atoms with van der Waals surface area (Å²) in [6.07, 6.45) is 25.2. The van der Waals surface area contributed by atoms with E-state index in [9.17, 15) is 0 Å². The smallest absolute Gasteiger partial charge is 0.123 e. The van der Waals surface area contributed by atoms with Gasteiger partial charge in [0.2, 0.25) is 0 Å². The van der Waals surface area contributed by atoms with Crippen molar-refractivity contribution in [2.75, 3.05) is 6.54 Å².